The van der Waals surface area contributed by atoms with E-state index in [4.69, 9.17) is 42.6 Å². The molecule has 15 nitrogen and oxygen atoms in total. The van der Waals surface area contributed by atoms with E-state index in [1.807, 2.05) is 0 Å². The van der Waals surface area contributed by atoms with E-state index in [0.717, 1.165) is 0 Å². The van der Waals surface area contributed by atoms with Crippen molar-refractivity contribution in [3.63, 3.8) is 0 Å². The third kappa shape index (κ3) is 19.1. The molecule has 0 aliphatic carbocycles. The maximum Gasteiger partial charge on any atom is 0.320 e. The summed E-state index contributed by atoms with van der Waals surface area (Å²) in [7, 11) is 0. The molecule has 0 atom stereocenters. The minimum absolute atomic E-state index is 0.0675. The lowest BCUT2D eigenvalue weighted by atomic mass is 9.87. The molecule has 0 saturated carbocycles. The van der Waals surface area contributed by atoms with Crippen molar-refractivity contribution >= 4 is 23.9 Å². The van der Waals surface area contributed by atoms with Gasteiger partial charge in [-0.1, -0.05) is 0 Å². The largest absolute Gasteiger partial charge is 0.465 e. The van der Waals surface area contributed by atoms with Crippen LogP contribution in [-0.4, -0.2) is 165 Å². The smallest absolute Gasteiger partial charge is 0.320 e. The summed E-state index contributed by atoms with van der Waals surface area (Å²) in [6, 6.07) is 0. The molecular weight excluding hydrogens is 584 g/mol. The van der Waals surface area contributed by atoms with Gasteiger partial charge in [0.25, 0.3) is 0 Å². The van der Waals surface area contributed by atoms with Crippen molar-refractivity contribution in [2.24, 2.45) is 5.41 Å². The molecule has 256 valence electrons. The lowest BCUT2D eigenvalue weighted by Gasteiger charge is -2.40. The molecule has 0 aromatic carbocycles. The molecule has 0 spiro atoms. The van der Waals surface area contributed by atoms with E-state index >= 15 is 0 Å². The van der Waals surface area contributed by atoms with Gasteiger partial charge in [-0.05, 0) is 27.7 Å². The number of carbonyl (C=O) groups is 4. The molecule has 0 aromatic rings. The molecule has 1 rings (SSSR count). The van der Waals surface area contributed by atoms with Gasteiger partial charge in [0.1, 0.15) is 0 Å². The van der Waals surface area contributed by atoms with Gasteiger partial charge in [0.2, 0.25) is 0 Å². The van der Waals surface area contributed by atoms with Gasteiger partial charge in [-0.2, -0.15) is 0 Å². The van der Waals surface area contributed by atoms with Gasteiger partial charge in [0.05, 0.1) is 119 Å². The summed E-state index contributed by atoms with van der Waals surface area (Å²) in [6.45, 7) is 9.55. The standard InChI is InChI=1S/C29H52N2O13/c1-5-41-25(32)17-30(18-26(33)42-6-2)21-29(22-31(19-27(34)43-7-3)20-28(35)44-8-4)23-39-15-13-37-11-9-36-10-12-38-14-16-40-24-29/h5-24H2,1-4H3. The lowest BCUT2D eigenvalue weighted by molar-refractivity contribution is -0.151. The topological polar surface area (TPSA) is 158 Å². The van der Waals surface area contributed by atoms with E-state index in [2.05, 4.69) is 0 Å². The Labute approximate surface area is 260 Å². The number of hydrogen-bond acceptors (Lipinski definition) is 15. The molecule has 44 heavy (non-hydrogen) atoms. The van der Waals surface area contributed by atoms with E-state index in [9.17, 15) is 19.2 Å². The maximum absolute atomic E-state index is 12.6. The van der Waals surface area contributed by atoms with Gasteiger partial charge in [-0.25, -0.2) is 0 Å². The average Bonchev–Trinajstić information content (AvgIpc) is 2.94. The highest BCUT2D eigenvalue weighted by molar-refractivity contribution is 5.75. The van der Waals surface area contributed by atoms with E-state index in [1.54, 1.807) is 37.5 Å². The Morgan fingerprint density at radius 1 is 0.477 bits per heavy atom. The quantitative estimate of drug-likeness (QED) is 0.164. The number of nitrogens with zero attached hydrogens (tertiary/aromatic N) is 2. The Bertz CT molecular complexity index is 710. The summed E-state index contributed by atoms with van der Waals surface area (Å²) < 4.78 is 49.4. The van der Waals surface area contributed by atoms with Crippen LogP contribution in [0.4, 0.5) is 0 Å². The van der Waals surface area contributed by atoms with Crippen molar-refractivity contribution in [1.29, 1.82) is 0 Å². The van der Waals surface area contributed by atoms with Crippen molar-refractivity contribution in [2.75, 3.05) is 132 Å². The second-order valence-corrected chi connectivity index (χ2v) is 9.95. The van der Waals surface area contributed by atoms with Crippen molar-refractivity contribution in [1.82, 2.24) is 9.80 Å². The molecule has 0 amide bonds. The molecule has 0 N–H and O–H groups in total. The van der Waals surface area contributed by atoms with Gasteiger partial charge in [0, 0.05) is 18.5 Å². The third-order valence-corrected chi connectivity index (χ3v) is 6.05. The predicted molar refractivity (Wildman–Crippen MR) is 156 cm³/mol. The SMILES string of the molecule is CCOC(=O)CN(CC(=O)OCC)CC1(CN(CC(=O)OCC)CC(=O)OCC)COCCOCCOCCOCCOC1. The number of esters is 4. The Morgan fingerprint density at radius 2 is 0.727 bits per heavy atom. The molecule has 0 unspecified atom stereocenters. The average molecular weight is 637 g/mol. The number of rotatable bonds is 16. The summed E-state index contributed by atoms with van der Waals surface area (Å²) in [4.78, 5) is 53.5. The molecule has 15 heteroatoms. The minimum Gasteiger partial charge on any atom is -0.465 e. The van der Waals surface area contributed by atoms with Gasteiger partial charge < -0.3 is 42.6 Å². The van der Waals surface area contributed by atoms with E-state index in [0.29, 0.717) is 39.6 Å². The van der Waals surface area contributed by atoms with Gasteiger partial charge in [0.15, 0.2) is 0 Å². The summed E-state index contributed by atoms with van der Waals surface area (Å²) >= 11 is 0. The van der Waals surface area contributed by atoms with Crippen LogP contribution >= 0.6 is 0 Å². The molecule has 1 saturated heterocycles. The van der Waals surface area contributed by atoms with E-state index in [1.165, 1.54) is 0 Å². The zero-order valence-electron chi connectivity index (χ0n) is 26.8. The number of hydrogen-bond donors (Lipinski definition) is 0. The highest BCUT2D eigenvalue weighted by atomic mass is 16.6. The third-order valence-electron chi connectivity index (χ3n) is 6.05. The zero-order chi connectivity index (χ0) is 32.5. The molecule has 1 heterocycles. The van der Waals surface area contributed by atoms with Crippen LogP contribution in [0.1, 0.15) is 27.7 Å². The minimum atomic E-state index is -0.974. The predicted octanol–water partition coefficient (Wildman–Crippen LogP) is -0.0742. The van der Waals surface area contributed by atoms with Gasteiger partial charge in [-0.3, -0.25) is 29.0 Å². The Balaban J connectivity index is 3.43. The van der Waals surface area contributed by atoms with Crippen LogP contribution in [-0.2, 0) is 61.8 Å². The molecule has 1 fully saturated rings. The van der Waals surface area contributed by atoms with Gasteiger partial charge in [-0.15, -0.1) is 0 Å². The molecule has 0 bridgehead atoms. The Morgan fingerprint density at radius 3 is 0.977 bits per heavy atom. The Kier molecular flexibility index (Phi) is 22.4. The van der Waals surface area contributed by atoms with Crippen LogP contribution in [0, 0.1) is 5.41 Å². The highest BCUT2D eigenvalue weighted by Gasteiger charge is 2.38. The molecule has 0 aromatic heterocycles. The van der Waals surface area contributed by atoms with Crippen LogP contribution in [0.5, 0.6) is 0 Å². The molecule has 1 aliphatic rings. The summed E-state index contributed by atoms with van der Waals surface area (Å²) in [5.74, 6) is -2.11. The summed E-state index contributed by atoms with van der Waals surface area (Å²) in [6.07, 6.45) is 0. The number of carbonyl (C=O) groups excluding carboxylic acids is 4. The first-order valence-corrected chi connectivity index (χ1v) is 15.2. The first kappa shape index (κ1) is 39.6. The molecule has 1 aliphatic heterocycles. The molecule has 0 radical (unpaired) electrons. The van der Waals surface area contributed by atoms with Gasteiger partial charge >= 0.3 is 23.9 Å². The van der Waals surface area contributed by atoms with Crippen LogP contribution in [0.15, 0.2) is 0 Å². The fourth-order valence-corrected chi connectivity index (χ4v) is 4.47. The van der Waals surface area contributed by atoms with Crippen molar-refractivity contribution < 1.29 is 61.8 Å². The number of ether oxygens (including phenoxy) is 9. The molecular formula is C29H52N2O13. The van der Waals surface area contributed by atoms with Crippen LogP contribution < -0.4 is 0 Å². The second-order valence-electron chi connectivity index (χ2n) is 9.95. The van der Waals surface area contributed by atoms with Crippen molar-refractivity contribution in [3.8, 4) is 0 Å². The first-order chi connectivity index (χ1) is 21.3. The first-order valence-electron chi connectivity index (χ1n) is 15.2. The lowest BCUT2D eigenvalue weighted by Crippen LogP contribution is -2.54. The zero-order valence-corrected chi connectivity index (χ0v) is 26.8. The maximum atomic E-state index is 12.6. The summed E-state index contributed by atoms with van der Waals surface area (Å²) in [5.41, 5.74) is -0.974. The Hall–Kier alpha value is -2.40. The second kappa shape index (κ2) is 24.9. The monoisotopic (exact) mass is 636 g/mol. The van der Waals surface area contributed by atoms with Crippen molar-refractivity contribution in [2.45, 2.75) is 27.7 Å². The van der Waals surface area contributed by atoms with E-state index in [-0.39, 0.29) is 92.1 Å². The van der Waals surface area contributed by atoms with E-state index < -0.39 is 29.3 Å². The fourth-order valence-electron chi connectivity index (χ4n) is 4.47. The summed E-state index contributed by atoms with van der Waals surface area (Å²) in [5, 5.41) is 0. The fraction of sp³-hybridized carbons (Fsp3) is 0.862. The van der Waals surface area contributed by atoms with Crippen LogP contribution in [0.3, 0.4) is 0 Å². The van der Waals surface area contributed by atoms with Crippen LogP contribution in [0.25, 0.3) is 0 Å². The van der Waals surface area contributed by atoms with Crippen molar-refractivity contribution in [3.05, 3.63) is 0 Å². The highest BCUT2D eigenvalue weighted by Crippen LogP contribution is 2.24. The van der Waals surface area contributed by atoms with Crippen LogP contribution in [0.2, 0.25) is 0 Å². The normalized spacial score (nSPS) is 17.1.